The Morgan fingerprint density at radius 2 is 2.19 bits per heavy atom. The molecule has 88 valence electrons. The number of nitrogens with one attached hydrogen (secondary N) is 1. The van der Waals surface area contributed by atoms with Crippen LogP contribution in [0.25, 0.3) is 0 Å². The number of methoxy groups -OCH3 is 1. The fourth-order valence-corrected chi connectivity index (χ4v) is 2.44. The van der Waals surface area contributed by atoms with Gasteiger partial charge in [0.25, 0.3) is 0 Å². The SMILES string of the molecule is CCc1cc(OC)cc(C2(C)CCCN2)c1. The Labute approximate surface area is 98.0 Å². The number of hydrogen-bond acceptors (Lipinski definition) is 2. The van der Waals surface area contributed by atoms with Crippen LogP contribution in [-0.4, -0.2) is 13.7 Å². The predicted molar refractivity (Wildman–Crippen MR) is 67.0 cm³/mol. The van der Waals surface area contributed by atoms with Gasteiger partial charge in [0, 0.05) is 5.54 Å². The number of benzene rings is 1. The Kier molecular flexibility index (Phi) is 3.20. The van der Waals surface area contributed by atoms with E-state index in [1.807, 2.05) is 0 Å². The number of rotatable bonds is 3. The second-order valence-corrected chi connectivity index (χ2v) is 4.79. The van der Waals surface area contributed by atoms with Gasteiger partial charge in [-0.3, -0.25) is 0 Å². The summed E-state index contributed by atoms with van der Waals surface area (Å²) in [6.45, 7) is 5.59. The van der Waals surface area contributed by atoms with E-state index < -0.39 is 0 Å². The van der Waals surface area contributed by atoms with Crippen LogP contribution in [-0.2, 0) is 12.0 Å². The fourth-order valence-electron chi connectivity index (χ4n) is 2.44. The summed E-state index contributed by atoms with van der Waals surface area (Å²) in [5.74, 6) is 0.976. The molecule has 1 aromatic rings. The first-order valence-electron chi connectivity index (χ1n) is 6.11. The maximum absolute atomic E-state index is 5.37. The lowest BCUT2D eigenvalue weighted by atomic mass is 9.89. The third kappa shape index (κ3) is 2.07. The van der Waals surface area contributed by atoms with Crippen LogP contribution >= 0.6 is 0 Å². The molecule has 2 rings (SSSR count). The van der Waals surface area contributed by atoms with Crippen LogP contribution in [0.1, 0.15) is 37.8 Å². The molecule has 1 saturated heterocycles. The highest BCUT2D eigenvalue weighted by molar-refractivity contribution is 5.38. The van der Waals surface area contributed by atoms with Crippen molar-refractivity contribution in [3.8, 4) is 5.75 Å². The van der Waals surface area contributed by atoms with E-state index in [1.165, 1.54) is 24.0 Å². The zero-order valence-electron chi connectivity index (χ0n) is 10.5. The smallest absolute Gasteiger partial charge is 0.119 e. The molecule has 0 saturated carbocycles. The lowest BCUT2D eigenvalue weighted by molar-refractivity contribution is 0.403. The molecule has 1 heterocycles. The van der Waals surface area contributed by atoms with Crippen molar-refractivity contribution in [2.24, 2.45) is 0 Å². The van der Waals surface area contributed by atoms with E-state index in [-0.39, 0.29) is 5.54 Å². The molecule has 0 radical (unpaired) electrons. The highest BCUT2D eigenvalue weighted by atomic mass is 16.5. The van der Waals surface area contributed by atoms with Gasteiger partial charge in [0.2, 0.25) is 0 Å². The predicted octanol–water partition coefficient (Wildman–Crippen LogP) is 2.86. The molecule has 0 bridgehead atoms. The lowest BCUT2D eigenvalue weighted by Gasteiger charge is -2.26. The summed E-state index contributed by atoms with van der Waals surface area (Å²) in [4.78, 5) is 0. The van der Waals surface area contributed by atoms with Crippen LogP contribution in [0, 0.1) is 0 Å². The highest BCUT2D eigenvalue weighted by Gasteiger charge is 2.30. The van der Waals surface area contributed by atoms with Crippen molar-refractivity contribution in [1.82, 2.24) is 5.32 Å². The fraction of sp³-hybridized carbons (Fsp3) is 0.571. The second kappa shape index (κ2) is 4.46. The molecule has 1 N–H and O–H groups in total. The third-order valence-corrected chi connectivity index (χ3v) is 3.62. The summed E-state index contributed by atoms with van der Waals surface area (Å²) < 4.78 is 5.37. The summed E-state index contributed by atoms with van der Waals surface area (Å²) in [6.07, 6.45) is 3.53. The summed E-state index contributed by atoms with van der Waals surface area (Å²) in [6, 6.07) is 6.60. The first kappa shape index (κ1) is 11.5. The van der Waals surface area contributed by atoms with Gasteiger partial charge in [0.1, 0.15) is 5.75 Å². The molecule has 0 aliphatic carbocycles. The minimum atomic E-state index is 0.137. The average Bonchev–Trinajstić information content (AvgIpc) is 2.77. The second-order valence-electron chi connectivity index (χ2n) is 4.79. The van der Waals surface area contributed by atoms with Gasteiger partial charge in [0.15, 0.2) is 0 Å². The number of ether oxygens (including phenoxy) is 1. The van der Waals surface area contributed by atoms with Crippen molar-refractivity contribution in [3.05, 3.63) is 29.3 Å². The van der Waals surface area contributed by atoms with Gasteiger partial charge in [-0.1, -0.05) is 13.0 Å². The first-order chi connectivity index (χ1) is 7.68. The molecular weight excluding hydrogens is 198 g/mol. The molecule has 0 spiro atoms. The van der Waals surface area contributed by atoms with Crippen molar-refractivity contribution in [1.29, 1.82) is 0 Å². The highest BCUT2D eigenvalue weighted by Crippen LogP contribution is 2.33. The Bertz CT molecular complexity index is 345. The lowest BCUT2D eigenvalue weighted by Crippen LogP contribution is -2.33. The van der Waals surface area contributed by atoms with Crippen molar-refractivity contribution in [3.63, 3.8) is 0 Å². The van der Waals surface area contributed by atoms with Gasteiger partial charge in [-0.25, -0.2) is 0 Å². The van der Waals surface area contributed by atoms with Crippen LogP contribution < -0.4 is 10.1 Å². The van der Waals surface area contributed by atoms with E-state index in [1.54, 1.807) is 7.11 Å². The topological polar surface area (TPSA) is 21.3 Å². The standard InChI is InChI=1S/C14H21NO/c1-4-11-8-12(10-13(9-11)16-3)14(2)6-5-7-15-14/h8-10,15H,4-7H2,1-3H3. The van der Waals surface area contributed by atoms with Crippen LogP contribution in [0.3, 0.4) is 0 Å². The molecule has 1 aromatic carbocycles. The molecule has 1 unspecified atom stereocenters. The molecule has 2 heteroatoms. The number of aryl methyl sites for hydroxylation is 1. The van der Waals surface area contributed by atoms with Gasteiger partial charge in [-0.15, -0.1) is 0 Å². The minimum absolute atomic E-state index is 0.137. The van der Waals surface area contributed by atoms with Crippen LogP contribution in [0.4, 0.5) is 0 Å². The molecule has 16 heavy (non-hydrogen) atoms. The van der Waals surface area contributed by atoms with Crippen molar-refractivity contribution in [2.75, 3.05) is 13.7 Å². The molecule has 0 amide bonds. The van der Waals surface area contributed by atoms with Gasteiger partial charge < -0.3 is 10.1 Å². The minimum Gasteiger partial charge on any atom is -0.497 e. The summed E-state index contributed by atoms with van der Waals surface area (Å²) in [5, 5.41) is 3.60. The summed E-state index contributed by atoms with van der Waals surface area (Å²) in [7, 11) is 1.74. The molecular formula is C14H21NO. The molecule has 0 aromatic heterocycles. The molecule has 1 aliphatic rings. The van der Waals surface area contributed by atoms with Crippen molar-refractivity contribution in [2.45, 2.75) is 38.6 Å². The Morgan fingerprint density at radius 3 is 2.75 bits per heavy atom. The van der Waals surface area contributed by atoms with Crippen LogP contribution in [0.5, 0.6) is 5.75 Å². The first-order valence-corrected chi connectivity index (χ1v) is 6.11. The molecule has 1 atom stereocenters. The van der Waals surface area contributed by atoms with Crippen molar-refractivity contribution < 1.29 is 4.74 Å². The average molecular weight is 219 g/mol. The molecule has 1 aliphatic heterocycles. The largest absolute Gasteiger partial charge is 0.497 e. The Morgan fingerprint density at radius 1 is 1.38 bits per heavy atom. The normalized spacial score (nSPS) is 24.7. The number of hydrogen-bond donors (Lipinski definition) is 1. The van der Waals surface area contributed by atoms with Crippen LogP contribution in [0.15, 0.2) is 18.2 Å². The van der Waals surface area contributed by atoms with E-state index in [0.717, 1.165) is 18.7 Å². The Balaban J connectivity index is 2.39. The van der Waals surface area contributed by atoms with Gasteiger partial charge in [0.05, 0.1) is 7.11 Å². The molecule has 1 fully saturated rings. The molecule has 2 nitrogen and oxygen atoms in total. The maximum atomic E-state index is 5.37. The van der Waals surface area contributed by atoms with Gasteiger partial charge >= 0.3 is 0 Å². The zero-order chi connectivity index (χ0) is 11.6. The van der Waals surface area contributed by atoms with Crippen molar-refractivity contribution >= 4 is 0 Å². The summed E-state index contributed by atoms with van der Waals surface area (Å²) in [5.41, 5.74) is 2.85. The maximum Gasteiger partial charge on any atom is 0.119 e. The quantitative estimate of drug-likeness (QED) is 0.844. The van der Waals surface area contributed by atoms with Gasteiger partial charge in [-0.05, 0) is 56.0 Å². The summed E-state index contributed by atoms with van der Waals surface area (Å²) >= 11 is 0. The van der Waals surface area contributed by atoms with Crippen LogP contribution in [0.2, 0.25) is 0 Å². The van der Waals surface area contributed by atoms with E-state index in [0.29, 0.717) is 0 Å². The van der Waals surface area contributed by atoms with E-state index in [9.17, 15) is 0 Å². The van der Waals surface area contributed by atoms with E-state index in [2.05, 4.69) is 37.4 Å². The zero-order valence-corrected chi connectivity index (χ0v) is 10.5. The Hall–Kier alpha value is -1.02. The van der Waals surface area contributed by atoms with Gasteiger partial charge in [-0.2, -0.15) is 0 Å². The van der Waals surface area contributed by atoms with E-state index in [4.69, 9.17) is 4.74 Å². The van der Waals surface area contributed by atoms with E-state index >= 15 is 0 Å². The monoisotopic (exact) mass is 219 g/mol. The third-order valence-electron chi connectivity index (χ3n) is 3.62.